The predicted molar refractivity (Wildman–Crippen MR) is 17.6 cm³/mol. The summed E-state index contributed by atoms with van der Waals surface area (Å²) in [6.45, 7) is 0. The molecule has 0 saturated carbocycles. The van der Waals surface area contributed by atoms with Crippen molar-refractivity contribution >= 4 is 60.8 Å². The van der Waals surface area contributed by atoms with Gasteiger partial charge in [-0.15, -0.1) is 0 Å². The summed E-state index contributed by atoms with van der Waals surface area (Å²) in [5, 5.41) is 0. The summed E-state index contributed by atoms with van der Waals surface area (Å²) in [6, 6.07) is 0. The van der Waals surface area contributed by atoms with Crippen LogP contribution in [0.1, 0.15) is 0 Å². The van der Waals surface area contributed by atoms with E-state index in [1.165, 1.54) is 0 Å². The molecule has 0 atom stereocenters. The molecule has 0 aromatic rings. The van der Waals surface area contributed by atoms with Crippen LogP contribution in [0, 0.1) is 0 Å². The molecule has 18 valence electrons. The Balaban J connectivity index is 0. The van der Waals surface area contributed by atoms with Crippen LogP contribution in [-0.4, -0.2) is 66.3 Å². The zero-order valence-corrected chi connectivity index (χ0v) is 6.63. The fourth-order valence-electron chi connectivity index (χ4n) is 0. The smallest absolute Gasteiger partial charge is 0.316 e. The number of rotatable bonds is 0. The van der Waals surface area contributed by atoms with E-state index in [9.17, 15) is 0 Å². The van der Waals surface area contributed by atoms with Crippen LogP contribution in [-0.2, 0) is 21.7 Å². The van der Waals surface area contributed by atoms with E-state index in [0.717, 1.165) is 0 Å². The minimum Gasteiger partial charge on any atom is -0.870 e. The van der Waals surface area contributed by atoms with Crippen LogP contribution in [0.5, 0.6) is 0 Å². The fraction of sp³-hybridized carbons (Fsp3) is 0. The second-order valence-electron chi connectivity index (χ2n) is 0. The maximum Gasteiger partial charge on any atom is 0.316 e. The van der Waals surface area contributed by atoms with Crippen LogP contribution in [0.25, 0.3) is 0 Å². The Labute approximate surface area is 86.2 Å². The largest absolute Gasteiger partial charge is 0.870 e. The SMILES string of the molecule is [CaH+].[MgH2].[OH-].[Ti]. The zero-order valence-electron chi connectivity index (χ0n) is 1.95. The van der Waals surface area contributed by atoms with Gasteiger partial charge in [0.05, 0.1) is 0 Å². The van der Waals surface area contributed by atoms with Crippen LogP contribution in [0.15, 0.2) is 0 Å². The summed E-state index contributed by atoms with van der Waals surface area (Å²) < 4.78 is 0. The van der Waals surface area contributed by atoms with E-state index in [2.05, 4.69) is 0 Å². The van der Waals surface area contributed by atoms with Crippen molar-refractivity contribution in [3.63, 3.8) is 0 Å². The standard InChI is InChI=1S/Ca.Mg.H2O.Ti.3H/h;;1H2;;;;/q+1;;;;;;/p-1. The van der Waals surface area contributed by atoms with Gasteiger partial charge in [-0.1, -0.05) is 0 Å². The summed E-state index contributed by atoms with van der Waals surface area (Å²) in [5.41, 5.74) is 0. The van der Waals surface area contributed by atoms with Crippen LogP contribution in [0.4, 0.5) is 0 Å². The normalized spacial score (nSPS) is 0. The summed E-state index contributed by atoms with van der Waals surface area (Å²) in [7, 11) is 0. The average Bonchev–Trinajstić information content (AvgIpc) is 0. The van der Waals surface area contributed by atoms with E-state index in [4.69, 9.17) is 0 Å². The molecule has 4 heavy (non-hydrogen) atoms. The maximum atomic E-state index is 0. The van der Waals surface area contributed by atoms with Gasteiger partial charge < -0.3 is 5.48 Å². The third-order valence-electron chi connectivity index (χ3n) is 0. The molecule has 0 saturated heterocycles. The molecule has 1 nitrogen and oxygen atoms in total. The first-order valence-corrected chi connectivity index (χ1v) is 0. The van der Waals surface area contributed by atoms with Gasteiger partial charge >= 0.3 is 60.8 Å². The summed E-state index contributed by atoms with van der Waals surface area (Å²) in [4.78, 5) is 0. The van der Waals surface area contributed by atoms with E-state index in [1.54, 1.807) is 0 Å². The van der Waals surface area contributed by atoms with Crippen molar-refractivity contribution in [2.45, 2.75) is 0 Å². The van der Waals surface area contributed by atoms with Gasteiger partial charge in [0.2, 0.25) is 0 Å². The topological polar surface area (TPSA) is 30.0 Å². The second kappa shape index (κ2) is 17.3. The van der Waals surface area contributed by atoms with Crippen LogP contribution >= 0.6 is 0 Å². The van der Waals surface area contributed by atoms with Crippen molar-refractivity contribution in [2.75, 3.05) is 0 Å². The molecule has 0 aliphatic heterocycles. The molecule has 0 unspecified atom stereocenters. The minimum atomic E-state index is 0. The first kappa shape index (κ1) is 29.9. The molecule has 0 heterocycles. The molecular weight excluding hydrogens is 128 g/mol. The van der Waals surface area contributed by atoms with Crippen molar-refractivity contribution in [2.24, 2.45) is 0 Å². The zero-order chi connectivity index (χ0) is 0. The molecule has 0 aliphatic rings. The third kappa shape index (κ3) is 8.83. The molecule has 0 rings (SSSR count). The van der Waals surface area contributed by atoms with Gasteiger partial charge in [0, 0.05) is 21.7 Å². The van der Waals surface area contributed by atoms with Crippen LogP contribution in [0.2, 0.25) is 0 Å². The molecule has 1 N–H and O–H groups in total. The molecule has 0 fully saturated rings. The van der Waals surface area contributed by atoms with Gasteiger partial charge in [0.1, 0.15) is 0 Å². The molecule has 4 heteroatoms. The van der Waals surface area contributed by atoms with Crippen LogP contribution < -0.4 is 0 Å². The van der Waals surface area contributed by atoms with E-state index < -0.39 is 0 Å². The van der Waals surface area contributed by atoms with E-state index in [1.807, 2.05) is 0 Å². The van der Waals surface area contributed by atoms with Gasteiger partial charge in [-0.3, -0.25) is 0 Å². The van der Waals surface area contributed by atoms with E-state index >= 15 is 0 Å². The monoisotopic (exact) mass is 132 g/mol. The van der Waals surface area contributed by atoms with Gasteiger partial charge in [0.15, 0.2) is 0 Å². The Kier molecular flexibility index (Phi) is 129. The molecule has 0 radical (unpaired) electrons. The minimum absolute atomic E-state index is 0. The summed E-state index contributed by atoms with van der Waals surface area (Å²) in [6.07, 6.45) is 0. The molecule has 0 amide bonds. The predicted octanol–water partition coefficient (Wildman–Crippen LogP) is -1.74. The molecule has 0 bridgehead atoms. The van der Waals surface area contributed by atoms with Gasteiger partial charge in [-0.2, -0.15) is 0 Å². The van der Waals surface area contributed by atoms with Gasteiger partial charge in [0.25, 0.3) is 0 Å². The number of hydrogen-bond acceptors (Lipinski definition) is 1. The summed E-state index contributed by atoms with van der Waals surface area (Å²) in [5.74, 6) is 0. The Hall–Kier alpha value is 2.70. The van der Waals surface area contributed by atoms with Crippen molar-refractivity contribution in [1.29, 1.82) is 0 Å². The summed E-state index contributed by atoms with van der Waals surface area (Å²) >= 11 is 0. The molecule has 0 aromatic carbocycles. The fourth-order valence-corrected chi connectivity index (χ4v) is 0. The Morgan fingerprint density at radius 2 is 1.00 bits per heavy atom. The van der Waals surface area contributed by atoms with Crippen LogP contribution in [0.3, 0.4) is 0 Å². The maximum absolute atomic E-state index is 0. The first-order chi connectivity index (χ1) is 0. The first-order valence-electron chi connectivity index (χ1n) is 0. The van der Waals surface area contributed by atoms with Crippen molar-refractivity contribution in [1.82, 2.24) is 0 Å². The van der Waals surface area contributed by atoms with Crippen molar-refractivity contribution < 1.29 is 27.2 Å². The third-order valence-corrected chi connectivity index (χ3v) is 0. The Bertz CT molecular complexity index is 8.00. The molecular formula is H4CaMgOTi. The van der Waals surface area contributed by atoms with Gasteiger partial charge in [-0.25, -0.2) is 0 Å². The average molecular weight is 132 g/mol. The molecule has 0 aliphatic carbocycles. The van der Waals surface area contributed by atoms with E-state index in [0.29, 0.717) is 0 Å². The Morgan fingerprint density at radius 1 is 1.00 bits per heavy atom. The van der Waals surface area contributed by atoms with Crippen molar-refractivity contribution in [3.8, 4) is 0 Å². The molecule has 0 aromatic heterocycles. The van der Waals surface area contributed by atoms with E-state index in [-0.39, 0.29) is 88.0 Å². The molecule has 0 spiro atoms. The quantitative estimate of drug-likeness (QED) is 0.360. The second-order valence-corrected chi connectivity index (χ2v) is 0. The number of hydrogen-bond donors (Lipinski definition) is 0. The van der Waals surface area contributed by atoms with Gasteiger partial charge in [-0.05, 0) is 0 Å². The van der Waals surface area contributed by atoms with Crippen molar-refractivity contribution in [3.05, 3.63) is 0 Å². The Morgan fingerprint density at radius 3 is 1.00 bits per heavy atom.